The summed E-state index contributed by atoms with van der Waals surface area (Å²) in [7, 11) is 3.48. The molecule has 1 aromatic carbocycles. The minimum absolute atomic E-state index is 0.0724. The molecule has 0 saturated heterocycles. The van der Waals surface area contributed by atoms with Crippen LogP contribution in [0.4, 0.5) is 0 Å². The molecule has 1 saturated carbocycles. The third kappa shape index (κ3) is 13.1. The summed E-state index contributed by atoms with van der Waals surface area (Å²) in [6.45, 7) is 27.8. The van der Waals surface area contributed by atoms with E-state index in [0.717, 1.165) is 58.0 Å². The molecule has 4 atom stereocenters. The van der Waals surface area contributed by atoms with Crippen LogP contribution in [0.5, 0.6) is 0 Å². The monoisotopic (exact) mass is 758 g/mol. The van der Waals surface area contributed by atoms with Crippen molar-refractivity contribution in [3.05, 3.63) is 94.9 Å². The zero-order valence-electron chi connectivity index (χ0n) is 35.8. The first kappa shape index (κ1) is 48.5. The first-order valence-electron chi connectivity index (χ1n) is 20.3. The van der Waals surface area contributed by atoms with E-state index >= 15 is 0 Å². The molecule has 4 rings (SSSR count). The fourth-order valence-corrected chi connectivity index (χ4v) is 7.13. The molecular formula is C45H71N7O3. The van der Waals surface area contributed by atoms with Gasteiger partial charge in [0.2, 0.25) is 18.2 Å². The summed E-state index contributed by atoms with van der Waals surface area (Å²) in [5.74, 6) is 2.33. The molecule has 1 aromatic heterocycles. The third-order valence-corrected chi connectivity index (χ3v) is 10.5. The van der Waals surface area contributed by atoms with Gasteiger partial charge in [0, 0.05) is 32.1 Å². The topological polar surface area (TPSA) is 136 Å². The number of carbonyl (C=O) groups excluding carboxylic acids is 2. The quantitative estimate of drug-likeness (QED) is 0.0671. The van der Waals surface area contributed by atoms with Crippen LogP contribution in [0.3, 0.4) is 0 Å². The number of hydrogen-bond donors (Lipinski definition) is 3. The number of aryl methyl sites for hydroxylation is 2. The molecule has 55 heavy (non-hydrogen) atoms. The van der Waals surface area contributed by atoms with E-state index in [9.17, 15) is 9.59 Å². The molecule has 2 amide bonds. The number of rotatable bonds is 16. The molecule has 10 nitrogen and oxygen atoms in total. The maximum absolute atomic E-state index is 12.5. The number of nitrogens with one attached hydrogen (secondary N) is 3. The predicted octanol–water partition coefficient (Wildman–Crippen LogP) is 8.62. The Morgan fingerprint density at radius 2 is 1.75 bits per heavy atom. The van der Waals surface area contributed by atoms with Gasteiger partial charge < -0.3 is 25.3 Å². The summed E-state index contributed by atoms with van der Waals surface area (Å²) in [5, 5.41) is 26.7. The largest absolute Gasteiger partial charge is 0.424 e. The number of carbonyl (C=O) groups is 2. The van der Waals surface area contributed by atoms with Crippen LogP contribution in [0.25, 0.3) is 0 Å². The maximum Gasteiger partial charge on any atom is 0.251 e. The van der Waals surface area contributed by atoms with E-state index in [1.807, 2.05) is 26.1 Å². The zero-order valence-corrected chi connectivity index (χ0v) is 35.8. The number of amides is 2. The van der Waals surface area contributed by atoms with Crippen LogP contribution in [0.1, 0.15) is 134 Å². The van der Waals surface area contributed by atoms with Gasteiger partial charge in [-0.25, -0.2) is 0 Å². The van der Waals surface area contributed by atoms with Crippen LogP contribution >= 0.6 is 0 Å². The number of allylic oxidation sites excluding steroid dienone is 5. The molecule has 2 aromatic rings. The lowest BCUT2D eigenvalue weighted by Gasteiger charge is -2.35. The summed E-state index contributed by atoms with van der Waals surface area (Å²) in [6.07, 6.45) is 13.9. The van der Waals surface area contributed by atoms with E-state index in [1.165, 1.54) is 34.3 Å². The summed E-state index contributed by atoms with van der Waals surface area (Å²) in [4.78, 5) is 24.8. The van der Waals surface area contributed by atoms with Crippen molar-refractivity contribution in [1.29, 1.82) is 5.26 Å². The van der Waals surface area contributed by atoms with Gasteiger partial charge >= 0.3 is 0 Å². The van der Waals surface area contributed by atoms with Crippen LogP contribution in [0.2, 0.25) is 0 Å². The van der Waals surface area contributed by atoms with Crippen molar-refractivity contribution in [3.63, 3.8) is 0 Å². The molecule has 0 aliphatic heterocycles. The first-order valence-corrected chi connectivity index (χ1v) is 20.3. The zero-order chi connectivity index (χ0) is 41.6. The predicted molar refractivity (Wildman–Crippen MR) is 227 cm³/mol. The third-order valence-electron chi connectivity index (χ3n) is 10.5. The van der Waals surface area contributed by atoms with Crippen molar-refractivity contribution in [3.8, 4) is 6.07 Å². The second-order valence-corrected chi connectivity index (χ2v) is 14.1. The fraction of sp³-hybridized carbons (Fsp3) is 0.578. The molecular weight excluding hydrogens is 687 g/mol. The van der Waals surface area contributed by atoms with Crippen molar-refractivity contribution in [2.45, 2.75) is 131 Å². The highest BCUT2D eigenvalue weighted by molar-refractivity contribution is 5.94. The Balaban J connectivity index is 0.000000653. The summed E-state index contributed by atoms with van der Waals surface area (Å²) >= 11 is 0. The molecule has 1 heterocycles. The molecule has 0 spiro atoms. The van der Waals surface area contributed by atoms with E-state index in [4.69, 9.17) is 9.68 Å². The van der Waals surface area contributed by atoms with E-state index in [1.54, 1.807) is 25.1 Å². The van der Waals surface area contributed by atoms with Crippen molar-refractivity contribution in [1.82, 2.24) is 31.0 Å². The van der Waals surface area contributed by atoms with Crippen LogP contribution in [-0.4, -0.2) is 66.7 Å². The Morgan fingerprint density at radius 1 is 1.09 bits per heavy atom. The van der Waals surface area contributed by atoms with Crippen LogP contribution < -0.4 is 16.0 Å². The Kier molecular flexibility index (Phi) is 22.6. The summed E-state index contributed by atoms with van der Waals surface area (Å²) in [6, 6.07) is 8.18. The second-order valence-electron chi connectivity index (χ2n) is 14.1. The molecule has 0 bridgehead atoms. The molecule has 3 N–H and O–H groups in total. The number of nitriles is 1. The highest BCUT2D eigenvalue weighted by atomic mass is 16.4. The number of hydrogen-bond acceptors (Lipinski definition) is 8. The van der Waals surface area contributed by atoms with Crippen LogP contribution in [0.15, 0.2) is 70.8 Å². The van der Waals surface area contributed by atoms with Crippen molar-refractivity contribution < 1.29 is 14.0 Å². The highest BCUT2D eigenvalue weighted by Crippen LogP contribution is 2.49. The van der Waals surface area contributed by atoms with Crippen molar-refractivity contribution in [2.24, 2.45) is 11.8 Å². The smallest absolute Gasteiger partial charge is 0.251 e. The van der Waals surface area contributed by atoms with Gasteiger partial charge in [0.15, 0.2) is 0 Å². The van der Waals surface area contributed by atoms with Crippen molar-refractivity contribution in [2.75, 3.05) is 27.2 Å². The number of benzene rings is 1. The lowest BCUT2D eigenvalue weighted by Crippen LogP contribution is -2.36. The Hall–Kier alpha value is -4.49. The first-order chi connectivity index (χ1) is 26.4. The number of fused-ring (bicyclic) bond motifs is 1. The minimum atomic E-state index is -0.547. The van der Waals surface area contributed by atoms with Gasteiger partial charge in [0.1, 0.15) is 6.04 Å². The number of aromatic nitrogens is 2. The SMILES string of the molecule is C=C/C(=C\CC1=C(CC)C(CCNCC)(c2nnc(CC)o2)c2ccc(C(=O)NC)cc2CC1)CC.C=CNC.CC1C(C)C1N(C=O)C(C)C#N.CCC. The van der Waals surface area contributed by atoms with Gasteiger partial charge in [0.05, 0.1) is 11.5 Å². The summed E-state index contributed by atoms with van der Waals surface area (Å²) < 4.78 is 6.37. The molecule has 2 aliphatic rings. The molecule has 4 unspecified atom stereocenters. The van der Waals surface area contributed by atoms with E-state index in [-0.39, 0.29) is 18.0 Å². The van der Waals surface area contributed by atoms with Gasteiger partial charge in [0.25, 0.3) is 5.91 Å². The Bertz CT molecular complexity index is 1600. The van der Waals surface area contributed by atoms with Gasteiger partial charge in [-0.3, -0.25) is 9.59 Å². The van der Waals surface area contributed by atoms with Crippen LogP contribution in [-0.2, 0) is 23.1 Å². The van der Waals surface area contributed by atoms with E-state index < -0.39 is 5.41 Å². The lowest BCUT2D eigenvalue weighted by molar-refractivity contribution is -0.119. The second kappa shape index (κ2) is 25.6. The van der Waals surface area contributed by atoms with Gasteiger partial charge in [-0.05, 0) is 99.8 Å². The van der Waals surface area contributed by atoms with E-state index in [2.05, 4.69) is 112 Å². The molecule has 0 radical (unpaired) electrons. The van der Waals surface area contributed by atoms with Gasteiger partial charge in [-0.1, -0.05) is 110 Å². The lowest BCUT2D eigenvalue weighted by atomic mass is 9.68. The highest BCUT2D eigenvalue weighted by Gasteiger charge is 2.48. The minimum Gasteiger partial charge on any atom is -0.424 e. The molecule has 10 heteroatoms. The molecule has 2 aliphatic carbocycles. The van der Waals surface area contributed by atoms with E-state index in [0.29, 0.717) is 35.6 Å². The number of nitrogens with zero attached hydrogens (tertiary/aromatic N) is 4. The Labute approximate surface area is 333 Å². The van der Waals surface area contributed by atoms with Crippen molar-refractivity contribution >= 4 is 12.3 Å². The molecule has 1 fully saturated rings. The maximum atomic E-state index is 12.5. The summed E-state index contributed by atoms with van der Waals surface area (Å²) in [5.41, 5.74) is 6.50. The fourth-order valence-electron chi connectivity index (χ4n) is 7.13. The molecule has 304 valence electrons. The normalized spacial score (nSPS) is 20.2. The Morgan fingerprint density at radius 3 is 2.20 bits per heavy atom. The standard InChI is InChI=1S/C30H42N4O2.C9H14N2O.C3H7N.C3H8/c1-7-21(8-2)12-13-22-14-15-23-20-24(28(35)31-6)16-17-26(23)30(25(22)9-3,18-19-32-11-5)29-34-33-27(10-4)36-29;1-6(4-10)11(5-12)9-7(2)8(9)3;1-3-4-2;1-3-2/h7,12,16-17,20,32H,1,8-11,13-15,18-19H2,2-6H3,(H,31,35);5-9H,1-3H3;3-4H,1H2,2H3;3H2,1-2H3/b21-12+;;;. The van der Waals surface area contributed by atoms with Gasteiger partial charge in [-0.15, -0.1) is 10.2 Å². The average Bonchev–Trinajstić information content (AvgIpc) is 3.55. The average molecular weight is 758 g/mol. The van der Waals surface area contributed by atoms with Gasteiger partial charge in [-0.2, -0.15) is 5.26 Å². The van der Waals surface area contributed by atoms with Crippen LogP contribution in [0, 0.1) is 23.2 Å².